The molecular formula is C13H24O2. The Kier molecular flexibility index (Phi) is 6.49. The molecule has 0 spiro atoms. The molecule has 0 fully saturated rings. The monoisotopic (exact) mass is 212 g/mol. The quantitative estimate of drug-likeness (QED) is 0.638. The second kappa shape index (κ2) is 7.75. The third kappa shape index (κ3) is 5.22. The van der Waals surface area contributed by atoms with Gasteiger partial charge in [0.25, 0.3) is 0 Å². The summed E-state index contributed by atoms with van der Waals surface area (Å²) >= 11 is 0. The van der Waals surface area contributed by atoms with E-state index in [1.807, 2.05) is 6.08 Å². The SMILES string of the molecule is CCCC[C@@H](CC)CO[C@@H]1CCC=CO1. The van der Waals surface area contributed by atoms with E-state index in [0.29, 0.717) is 5.92 Å². The molecule has 0 aromatic rings. The Bertz CT molecular complexity index is 177. The Labute approximate surface area is 93.7 Å². The molecule has 0 radical (unpaired) electrons. The van der Waals surface area contributed by atoms with Crippen LogP contribution < -0.4 is 0 Å². The lowest BCUT2D eigenvalue weighted by atomic mass is 10.0. The van der Waals surface area contributed by atoms with Crippen LogP contribution in [0.3, 0.4) is 0 Å². The first kappa shape index (κ1) is 12.6. The molecule has 0 amide bonds. The first-order valence-electron chi connectivity index (χ1n) is 6.28. The average molecular weight is 212 g/mol. The Morgan fingerprint density at radius 3 is 2.93 bits per heavy atom. The average Bonchev–Trinajstić information content (AvgIpc) is 2.31. The molecular weight excluding hydrogens is 188 g/mol. The number of unbranched alkanes of at least 4 members (excludes halogenated alkanes) is 1. The third-order valence-electron chi connectivity index (χ3n) is 2.96. The van der Waals surface area contributed by atoms with Gasteiger partial charge in [0.15, 0.2) is 6.29 Å². The zero-order valence-electron chi connectivity index (χ0n) is 10.1. The maximum Gasteiger partial charge on any atom is 0.199 e. The number of hydrogen-bond donors (Lipinski definition) is 0. The Morgan fingerprint density at radius 1 is 1.47 bits per heavy atom. The summed E-state index contributed by atoms with van der Waals surface area (Å²) in [6.45, 7) is 5.34. The van der Waals surface area contributed by atoms with E-state index in [1.165, 1.54) is 25.7 Å². The van der Waals surface area contributed by atoms with Crippen LogP contribution in [0.4, 0.5) is 0 Å². The van der Waals surface area contributed by atoms with Crippen LogP contribution in [0.15, 0.2) is 12.3 Å². The lowest BCUT2D eigenvalue weighted by molar-refractivity contribution is -0.125. The maximum absolute atomic E-state index is 5.76. The van der Waals surface area contributed by atoms with E-state index in [2.05, 4.69) is 13.8 Å². The van der Waals surface area contributed by atoms with E-state index in [9.17, 15) is 0 Å². The molecule has 0 aromatic heterocycles. The van der Waals surface area contributed by atoms with Crippen LogP contribution in [0.25, 0.3) is 0 Å². The number of rotatable bonds is 7. The largest absolute Gasteiger partial charge is 0.473 e. The van der Waals surface area contributed by atoms with Crippen molar-refractivity contribution >= 4 is 0 Å². The summed E-state index contributed by atoms with van der Waals surface area (Å²) < 4.78 is 11.1. The van der Waals surface area contributed by atoms with Crippen LogP contribution in [0.1, 0.15) is 52.4 Å². The topological polar surface area (TPSA) is 18.5 Å². The van der Waals surface area contributed by atoms with Crippen molar-refractivity contribution in [3.8, 4) is 0 Å². The van der Waals surface area contributed by atoms with Gasteiger partial charge in [-0.15, -0.1) is 0 Å². The first-order valence-corrected chi connectivity index (χ1v) is 6.28. The van der Waals surface area contributed by atoms with Gasteiger partial charge in [0.2, 0.25) is 0 Å². The lowest BCUT2D eigenvalue weighted by Gasteiger charge is -2.22. The summed E-state index contributed by atoms with van der Waals surface area (Å²) in [5.41, 5.74) is 0. The highest BCUT2D eigenvalue weighted by molar-refractivity contribution is 4.79. The number of allylic oxidation sites excluding steroid dienone is 1. The molecule has 88 valence electrons. The van der Waals surface area contributed by atoms with Crippen LogP contribution in [0.5, 0.6) is 0 Å². The van der Waals surface area contributed by atoms with Gasteiger partial charge in [-0.3, -0.25) is 0 Å². The molecule has 0 bridgehead atoms. The van der Waals surface area contributed by atoms with Crippen molar-refractivity contribution in [3.63, 3.8) is 0 Å². The van der Waals surface area contributed by atoms with Gasteiger partial charge in [-0.1, -0.05) is 33.1 Å². The maximum atomic E-state index is 5.76. The molecule has 0 aliphatic carbocycles. The molecule has 0 aromatic carbocycles. The second-order valence-corrected chi connectivity index (χ2v) is 4.26. The molecule has 0 N–H and O–H groups in total. The third-order valence-corrected chi connectivity index (χ3v) is 2.96. The first-order chi connectivity index (χ1) is 7.36. The minimum atomic E-state index is 0.00526. The molecule has 0 unspecified atom stereocenters. The minimum Gasteiger partial charge on any atom is -0.473 e. The van der Waals surface area contributed by atoms with Crippen LogP contribution in [-0.4, -0.2) is 12.9 Å². The fourth-order valence-corrected chi connectivity index (χ4v) is 1.78. The van der Waals surface area contributed by atoms with Crippen LogP contribution in [0, 0.1) is 5.92 Å². The van der Waals surface area contributed by atoms with Gasteiger partial charge >= 0.3 is 0 Å². The predicted molar refractivity (Wildman–Crippen MR) is 62.5 cm³/mol. The molecule has 1 aliphatic heterocycles. The van der Waals surface area contributed by atoms with Crippen molar-refractivity contribution in [2.75, 3.05) is 6.61 Å². The highest BCUT2D eigenvalue weighted by atomic mass is 16.7. The Hall–Kier alpha value is -0.500. The van der Waals surface area contributed by atoms with Gasteiger partial charge < -0.3 is 9.47 Å². The molecule has 0 saturated carbocycles. The smallest absolute Gasteiger partial charge is 0.199 e. The summed E-state index contributed by atoms with van der Waals surface area (Å²) in [6.07, 6.45) is 11.0. The second-order valence-electron chi connectivity index (χ2n) is 4.26. The molecule has 1 heterocycles. The van der Waals surface area contributed by atoms with Gasteiger partial charge in [0.05, 0.1) is 12.9 Å². The van der Waals surface area contributed by atoms with Crippen molar-refractivity contribution in [2.45, 2.75) is 58.7 Å². The fourth-order valence-electron chi connectivity index (χ4n) is 1.78. The zero-order chi connectivity index (χ0) is 10.9. The van der Waals surface area contributed by atoms with Crippen molar-refractivity contribution < 1.29 is 9.47 Å². The summed E-state index contributed by atoms with van der Waals surface area (Å²) in [5, 5.41) is 0. The summed E-state index contributed by atoms with van der Waals surface area (Å²) in [5.74, 6) is 0.708. The molecule has 2 nitrogen and oxygen atoms in total. The molecule has 0 saturated heterocycles. The van der Waals surface area contributed by atoms with E-state index in [-0.39, 0.29) is 6.29 Å². The molecule has 1 aliphatic rings. The van der Waals surface area contributed by atoms with Gasteiger partial charge in [0.1, 0.15) is 0 Å². The van der Waals surface area contributed by atoms with Crippen molar-refractivity contribution in [1.82, 2.24) is 0 Å². The Morgan fingerprint density at radius 2 is 2.33 bits per heavy atom. The van der Waals surface area contributed by atoms with Crippen LogP contribution in [0.2, 0.25) is 0 Å². The van der Waals surface area contributed by atoms with Crippen LogP contribution >= 0.6 is 0 Å². The van der Waals surface area contributed by atoms with Gasteiger partial charge in [-0.05, 0) is 24.8 Å². The van der Waals surface area contributed by atoms with E-state index >= 15 is 0 Å². The van der Waals surface area contributed by atoms with E-state index in [1.54, 1.807) is 6.26 Å². The van der Waals surface area contributed by atoms with Crippen molar-refractivity contribution in [2.24, 2.45) is 5.92 Å². The highest BCUT2D eigenvalue weighted by Crippen LogP contribution is 2.17. The van der Waals surface area contributed by atoms with E-state index in [0.717, 1.165) is 19.4 Å². The van der Waals surface area contributed by atoms with Crippen LogP contribution in [-0.2, 0) is 9.47 Å². The number of ether oxygens (including phenoxy) is 2. The molecule has 2 heteroatoms. The summed E-state index contributed by atoms with van der Waals surface area (Å²) in [4.78, 5) is 0. The normalized spacial score (nSPS) is 22.4. The van der Waals surface area contributed by atoms with Crippen molar-refractivity contribution in [3.05, 3.63) is 12.3 Å². The van der Waals surface area contributed by atoms with Gasteiger partial charge in [0, 0.05) is 6.42 Å². The lowest BCUT2D eigenvalue weighted by Crippen LogP contribution is -2.21. The van der Waals surface area contributed by atoms with E-state index in [4.69, 9.17) is 9.47 Å². The minimum absolute atomic E-state index is 0.00526. The van der Waals surface area contributed by atoms with Crippen molar-refractivity contribution in [1.29, 1.82) is 0 Å². The molecule has 15 heavy (non-hydrogen) atoms. The molecule has 1 rings (SSSR count). The zero-order valence-corrected chi connectivity index (χ0v) is 10.1. The van der Waals surface area contributed by atoms with Gasteiger partial charge in [-0.2, -0.15) is 0 Å². The predicted octanol–water partition coefficient (Wildman–Crippen LogP) is 3.87. The highest BCUT2D eigenvalue weighted by Gasteiger charge is 2.13. The molecule has 2 atom stereocenters. The van der Waals surface area contributed by atoms with E-state index < -0.39 is 0 Å². The summed E-state index contributed by atoms with van der Waals surface area (Å²) in [6, 6.07) is 0. The fraction of sp³-hybridized carbons (Fsp3) is 0.846. The summed E-state index contributed by atoms with van der Waals surface area (Å²) in [7, 11) is 0. The number of hydrogen-bond acceptors (Lipinski definition) is 2. The Balaban J connectivity index is 2.12. The standard InChI is InChI=1S/C13H24O2/c1-3-5-8-12(4-2)11-15-13-9-6-7-10-14-13/h7,10,12-13H,3-6,8-9,11H2,1-2H3/t12-,13-/m1/s1. The van der Waals surface area contributed by atoms with Gasteiger partial charge in [-0.25, -0.2) is 0 Å².